The predicted molar refractivity (Wildman–Crippen MR) is 128 cm³/mol. The highest BCUT2D eigenvalue weighted by molar-refractivity contribution is 6.44. The SMILES string of the molecule is Cc1nn(CC(=O)NC2CC2)c(C)c1-c1ccnc(O[C@@H]2CCN(C3=C(Cl)C(=O)CN=C3)C2)c1. The van der Waals surface area contributed by atoms with Crippen molar-refractivity contribution in [1.29, 1.82) is 0 Å². The number of carbonyl (C=O) groups is 2. The van der Waals surface area contributed by atoms with E-state index in [9.17, 15) is 9.59 Å². The van der Waals surface area contributed by atoms with Gasteiger partial charge in [-0.05, 0) is 38.3 Å². The number of nitrogens with zero attached hydrogens (tertiary/aromatic N) is 5. The maximum absolute atomic E-state index is 12.3. The topological polar surface area (TPSA) is 102 Å². The highest BCUT2D eigenvalue weighted by Crippen LogP contribution is 2.30. The number of nitrogens with one attached hydrogen (secondary N) is 1. The highest BCUT2D eigenvalue weighted by Gasteiger charge is 2.29. The van der Waals surface area contributed by atoms with Gasteiger partial charge in [0.2, 0.25) is 11.8 Å². The second-order valence-corrected chi connectivity index (χ2v) is 9.37. The highest BCUT2D eigenvalue weighted by atomic mass is 35.5. The molecule has 0 spiro atoms. The number of Topliss-reactive ketones (excluding diaryl/α,β-unsaturated/α-hetero) is 1. The van der Waals surface area contributed by atoms with Crippen molar-refractivity contribution >= 4 is 29.5 Å². The Morgan fingerprint density at radius 1 is 1.29 bits per heavy atom. The molecule has 1 N–H and O–H groups in total. The van der Waals surface area contributed by atoms with E-state index in [1.165, 1.54) is 0 Å². The normalized spacial score (nSPS) is 20.3. The summed E-state index contributed by atoms with van der Waals surface area (Å²) >= 11 is 6.21. The number of dihydropyridines is 1. The van der Waals surface area contributed by atoms with Crippen molar-refractivity contribution in [1.82, 2.24) is 25.0 Å². The maximum Gasteiger partial charge on any atom is 0.241 e. The molecule has 9 nitrogen and oxygen atoms in total. The van der Waals surface area contributed by atoms with Crippen molar-refractivity contribution < 1.29 is 14.3 Å². The lowest BCUT2D eigenvalue weighted by atomic mass is 10.1. The third-order valence-corrected chi connectivity index (χ3v) is 6.74. The first-order valence-corrected chi connectivity index (χ1v) is 11.9. The summed E-state index contributed by atoms with van der Waals surface area (Å²) in [5, 5.41) is 7.84. The Morgan fingerprint density at radius 2 is 2.12 bits per heavy atom. The molecule has 1 saturated heterocycles. The van der Waals surface area contributed by atoms with Crippen molar-refractivity contribution in [3.63, 3.8) is 0 Å². The molecule has 178 valence electrons. The van der Waals surface area contributed by atoms with E-state index in [2.05, 4.69) is 20.4 Å². The molecule has 0 unspecified atom stereocenters. The van der Waals surface area contributed by atoms with E-state index >= 15 is 0 Å². The van der Waals surface area contributed by atoms with Crippen LogP contribution in [0.2, 0.25) is 0 Å². The van der Waals surface area contributed by atoms with Crippen molar-refractivity contribution in [2.75, 3.05) is 19.6 Å². The number of ether oxygens (including phenoxy) is 1. The fraction of sp³-hybridized carbons (Fsp3) is 0.458. The molecule has 2 fully saturated rings. The Bertz CT molecular complexity index is 1200. The molecular weight excluding hydrogens is 456 g/mol. The van der Waals surface area contributed by atoms with Gasteiger partial charge in [-0.2, -0.15) is 5.10 Å². The number of amides is 1. The molecule has 2 aliphatic heterocycles. The second-order valence-electron chi connectivity index (χ2n) is 8.99. The summed E-state index contributed by atoms with van der Waals surface area (Å²) in [4.78, 5) is 34.6. The number of halogens is 1. The van der Waals surface area contributed by atoms with E-state index in [0.717, 1.165) is 48.3 Å². The zero-order valence-corrected chi connectivity index (χ0v) is 20.0. The number of pyridine rings is 1. The lowest BCUT2D eigenvalue weighted by Crippen LogP contribution is -2.30. The van der Waals surface area contributed by atoms with Gasteiger partial charge in [-0.15, -0.1) is 0 Å². The van der Waals surface area contributed by atoms with Crippen molar-refractivity contribution in [2.45, 2.75) is 51.8 Å². The molecule has 0 aromatic carbocycles. The lowest BCUT2D eigenvalue weighted by molar-refractivity contribution is -0.122. The Hall–Kier alpha value is -3.20. The predicted octanol–water partition coefficient (Wildman–Crippen LogP) is 2.40. The number of rotatable bonds is 7. The molecule has 0 radical (unpaired) electrons. The van der Waals surface area contributed by atoms with Crippen molar-refractivity contribution in [2.24, 2.45) is 4.99 Å². The standard InChI is InChI=1S/C24H27ClN6O3/c1-14-23(15(2)31(29-14)13-21(33)28-17-3-4-17)16-5-7-27-22(9-16)34-18-6-8-30(12-18)19-10-26-11-20(32)24(19)25/h5,7,9-10,17-18H,3-4,6,8,11-13H2,1-2H3,(H,28,33)/t18-/m1/s1. The average molecular weight is 483 g/mol. The molecule has 2 aromatic rings. The van der Waals surface area contributed by atoms with Gasteiger partial charge >= 0.3 is 0 Å². The largest absolute Gasteiger partial charge is 0.472 e. The summed E-state index contributed by atoms with van der Waals surface area (Å²) in [5.41, 5.74) is 4.36. The summed E-state index contributed by atoms with van der Waals surface area (Å²) in [6.07, 6.45) is 6.21. The van der Waals surface area contributed by atoms with Gasteiger partial charge in [0.05, 0.1) is 17.9 Å². The van der Waals surface area contributed by atoms with Crippen LogP contribution in [0, 0.1) is 13.8 Å². The van der Waals surface area contributed by atoms with Gasteiger partial charge in [0, 0.05) is 48.7 Å². The van der Waals surface area contributed by atoms with Gasteiger partial charge in [0.15, 0.2) is 5.78 Å². The van der Waals surface area contributed by atoms with E-state index in [-0.39, 0.29) is 35.9 Å². The second kappa shape index (κ2) is 9.21. The van der Waals surface area contributed by atoms with Gasteiger partial charge in [-0.3, -0.25) is 19.3 Å². The van der Waals surface area contributed by atoms with Gasteiger partial charge in [-0.1, -0.05) is 11.6 Å². The Balaban J connectivity index is 1.28. The minimum Gasteiger partial charge on any atom is -0.472 e. The molecule has 5 rings (SSSR count). The zero-order valence-electron chi connectivity index (χ0n) is 19.3. The summed E-state index contributed by atoms with van der Waals surface area (Å²) in [7, 11) is 0. The Kier molecular flexibility index (Phi) is 6.12. The monoisotopic (exact) mass is 482 g/mol. The van der Waals surface area contributed by atoms with Crippen LogP contribution in [0.5, 0.6) is 5.88 Å². The lowest BCUT2D eigenvalue weighted by Gasteiger charge is -2.22. The number of allylic oxidation sites excluding steroid dienone is 1. The first-order valence-electron chi connectivity index (χ1n) is 11.5. The molecule has 4 heterocycles. The number of carbonyl (C=O) groups excluding carboxylic acids is 2. The van der Waals surface area contributed by atoms with Crippen molar-refractivity contribution in [3.8, 4) is 17.0 Å². The number of ketones is 1. The molecular formula is C24H27ClN6O3. The van der Waals surface area contributed by atoms with Crippen LogP contribution in [0.1, 0.15) is 30.7 Å². The maximum atomic E-state index is 12.3. The molecule has 34 heavy (non-hydrogen) atoms. The number of hydrogen-bond acceptors (Lipinski definition) is 7. The minimum atomic E-state index is -0.158. The van der Waals surface area contributed by atoms with E-state index in [1.807, 2.05) is 30.9 Å². The number of likely N-dealkylation sites (tertiary alicyclic amines) is 1. The van der Waals surface area contributed by atoms with Gasteiger partial charge in [0.25, 0.3) is 0 Å². The molecule has 2 aromatic heterocycles. The fourth-order valence-corrected chi connectivity index (χ4v) is 4.68. The summed E-state index contributed by atoms with van der Waals surface area (Å²) in [6.45, 7) is 5.55. The van der Waals surface area contributed by atoms with E-state index in [1.54, 1.807) is 17.1 Å². The Morgan fingerprint density at radius 3 is 2.91 bits per heavy atom. The van der Waals surface area contributed by atoms with Crippen LogP contribution in [-0.2, 0) is 16.1 Å². The molecule has 1 saturated carbocycles. The van der Waals surface area contributed by atoms with Crippen LogP contribution in [0.15, 0.2) is 34.1 Å². The molecule has 10 heteroatoms. The molecule has 3 aliphatic rings. The van der Waals surface area contributed by atoms with E-state index in [4.69, 9.17) is 16.3 Å². The number of aryl methyl sites for hydroxylation is 1. The third-order valence-electron chi connectivity index (χ3n) is 6.33. The van der Waals surface area contributed by atoms with Crippen LogP contribution in [-0.4, -0.2) is 69.3 Å². The van der Waals surface area contributed by atoms with Crippen molar-refractivity contribution in [3.05, 3.63) is 40.4 Å². The van der Waals surface area contributed by atoms with E-state index in [0.29, 0.717) is 24.2 Å². The van der Waals surface area contributed by atoms with Crippen LogP contribution in [0.4, 0.5) is 0 Å². The molecule has 1 amide bonds. The fourth-order valence-electron chi connectivity index (χ4n) is 4.45. The van der Waals surface area contributed by atoms with Crippen LogP contribution in [0.3, 0.4) is 0 Å². The summed E-state index contributed by atoms with van der Waals surface area (Å²) in [5.74, 6) is 0.356. The number of hydrogen-bond donors (Lipinski definition) is 1. The smallest absolute Gasteiger partial charge is 0.241 e. The summed E-state index contributed by atoms with van der Waals surface area (Å²) in [6, 6.07) is 4.16. The Labute approximate surface area is 202 Å². The number of aromatic nitrogens is 3. The van der Waals surface area contributed by atoms with Gasteiger partial charge < -0.3 is 15.0 Å². The zero-order chi connectivity index (χ0) is 23.8. The summed E-state index contributed by atoms with van der Waals surface area (Å²) < 4.78 is 7.94. The average Bonchev–Trinajstić information content (AvgIpc) is 3.42. The van der Waals surface area contributed by atoms with Gasteiger partial charge in [0.1, 0.15) is 24.2 Å². The molecule has 1 aliphatic carbocycles. The van der Waals surface area contributed by atoms with Gasteiger partial charge in [-0.25, -0.2) is 4.98 Å². The number of aliphatic imine (C=N–C) groups is 1. The van der Waals surface area contributed by atoms with Crippen LogP contribution < -0.4 is 10.1 Å². The quantitative estimate of drug-likeness (QED) is 0.650. The molecule has 0 bridgehead atoms. The first kappa shape index (κ1) is 22.6. The minimum absolute atomic E-state index is 0.0101. The first-order chi connectivity index (χ1) is 16.4. The van der Waals surface area contributed by atoms with E-state index < -0.39 is 0 Å². The van der Waals surface area contributed by atoms with Crippen LogP contribution >= 0.6 is 11.6 Å². The molecule has 1 atom stereocenters. The third kappa shape index (κ3) is 4.70. The van der Waals surface area contributed by atoms with Crippen LogP contribution in [0.25, 0.3) is 11.1 Å².